The smallest absolute Gasteiger partial charge is 0.251 e. The van der Waals surface area contributed by atoms with E-state index in [2.05, 4.69) is 29.4 Å². The van der Waals surface area contributed by atoms with Gasteiger partial charge in [-0.2, -0.15) is 0 Å². The lowest BCUT2D eigenvalue weighted by atomic mass is 10.2. The molecule has 2 aromatic carbocycles. The number of nitrogens with one attached hydrogen (secondary N) is 2. The van der Waals surface area contributed by atoms with Crippen LogP contribution < -0.4 is 20.3 Å². The third-order valence-corrected chi connectivity index (χ3v) is 4.02. The summed E-state index contributed by atoms with van der Waals surface area (Å²) < 4.78 is 5.09. The maximum atomic E-state index is 12.1. The van der Waals surface area contributed by atoms with E-state index < -0.39 is 0 Å². The summed E-state index contributed by atoms with van der Waals surface area (Å²) in [6, 6.07) is 14.4. The second kappa shape index (κ2) is 9.46. The van der Waals surface area contributed by atoms with Crippen LogP contribution in [0.1, 0.15) is 24.2 Å². The van der Waals surface area contributed by atoms with E-state index in [1.807, 2.05) is 24.3 Å². The quantitative estimate of drug-likeness (QED) is 0.764. The predicted molar refractivity (Wildman–Crippen MR) is 104 cm³/mol. The van der Waals surface area contributed by atoms with Crippen LogP contribution in [0, 0.1) is 0 Å². The van der Waals surface area contributed by atoms with E-state index in [4.69, 9.17) is 4.74 Å². The molecule has 0 radical (unpaired) electrons. The van der Waals surface area contributed by atoms with Crippen LogP contribution in [0.3, 0.4) is 0 Å². The Morgan fingerprint density at radius 1 is 1.04 bits per heavy atom. The second-order valence-electron chi connectivity index (χ2n) is 5.68. The summed E-state index contributed by atoms with van der Waals surface area (Å²) in [5, 5.41) is 5.38. The molecule has 0 unspecified atom stereocenters. The van der Waals surface area contributed by atoms with Gasteiger partial charge < -0.3 is 20.3 Å². The van der Waals surface area contributed by atoms with Crippen molar-refractivity contribution in [1.82, 2.24) is 5.32 Å². The molecule has 6 nitrogen and oxygen atoms in total. The molecule has 6 heteroatoms. The Kier molecular flexibility index (Phi) is 7.02. The molecule has 0 aliphatic heterocycles. The van der Waals surface area contributed by atoms with E-state index in [9.17, 15) is 9.59 Å². The van der Waals surface area contributed by atoms with Crippen LogP contribution in [-0.2, 0) is 4.79 Å². The van der Waals surface area contributed by atoms with E-state index in [0.717, 1.165) is 18.8 Å². The first kappa shape index (κ1) is 19.3. The fourth-order valence-corrected chi connectivity index (χ4v) is 2.58. The van der Waals surface area contributed by atoms with Crippen LogP contribution >= 0.6 is 0 Å². The molecule has 0 aliphatic carbocycles. The second-order valence-corrected chi connectivity index (χ2v) is 5.68. The summed E-state index contributed by atoms with van der Waals surface area (Å²) >= 11 is 0. The lowest BCUT2D eigenvalue weighted by molar-refractivity contribution is -0.115. The van der Waals surface area contributed by atoms with Crippen LogP contribution in [0.5, 0.6) is 5.75 Å². The van der Waals surface area contributed by atoms with Gasteiger partial charge in [-0.05, 0) is 56.3 Å². The van der Waals surface area contributed by atoms with E-state index in [1.165, 1.54) is 7.11 Å². The highest BCUT2D eigenvalue weighted by atomic mass is 16.5. The van der Waals surface area contributed by atoms with Gasteiger partial charge in [0.2, 0.25) is 5.91 Å². The van der Waals surface area contributed by atoms with Gasteiger partial charge >= 0.3 is 0 Å². The van der Waals surface area contributed by atoms with Crippen molar-refractivity contribution in [1.29, 1.82) is 0 Å². The van der Waals surface area contributed by atoms with Gasteiger partial charge in [0.05, 0.1) is 13.7 Å². The van der Waals surface area contributed by atoms with E-state index in [-0.39, 0.29) is 18.4 Å². The number of rotatable bonds is 8. The highest BCUT2D eigenvalue weighted by molar-refractivity contribution is 5.99. The van der Waals surface area contributed by atoms with Crippen molar-refractivity contribution in [3.05, 3.63) is 54.1 Å². The molecule has 2 rings (SSSR count). The Labute approximate surface area is 154 Å². The van der Waals surface area contributed by atoms with E-state index in [0.29, 0.717) is 17.0 Å². The molecule has 0 fully saturated rings. The van der Waals surface area contributed by atoms with Crippen molar-refractivity contribution >= 4 is 23.2 Å². The molecule has 0 aromatic heterocycles. The third-order valence-electron chi connectivity index (χ3n) is 4.02. The Bertz CT molecular complexity index is 740. The first-order valence-electron chi connectivity index (χ1n) is 8.64. The van der Waals surface area contributed by atoms with Crippen LogP contribution in [0.15, 0.2) is 48.5 Å². The van der Waals surface area contributed by atoms with Crippen molar-refractivity contribution in [3.63, 3.8) is 0 Å². The fraction of sp³-hybridized carbons (Fsp3) is 0.300. The number of carbonyl (C=O) groups excluding carboxylic acids is 2. The molecular weight excluding hydrogens is 330 g/mol. The summed E-state index contributed by atoms with van der Waals surface area (Å²) in [6.07, 6.45) is 0. The minimum atomic E-state index is -0.323. The van der Waals surface area contributed by atoms with Gasteiger partial charge in [-0.1, -0.05) is 6.07 Å². The van der Waals surface area contributed by atoms with Crippen LogP contribution in [0.25, 0.3) is 0 Å². The van der Waals surface area contributed by atoms with Gasteiger partial charge in [0.15, 0.2) is 0 Å². The van der Waals surface area contributed by atoms with Crippen LogP contribution in [-0.4, -0.2) is 38.6 Å². The largest absolute Gasteiger partial charge is 0.497 e. The zero-order valence-corrected chi connectivity index (χ0v) is 15.4. The monoisotopic (exact) mass is 355 g/mol. The van der Waals surface area contributed by atoms with Gasteiger partial charge in [0.1, 0.15) is 5.75 Å². The Hall–Kier alpha value is -3.02. The number of methoxy groups -OCH3 is 1. The van der Waals surface area contributed by atoms with Gasteiger partial charge in [-0.3, -0.25) is 9.59 Å². The number of amides is 2. The van der Waals surface area contributed by atoms with Gasteiger partial charge in [-0.25, -0.2) is 0 Å². The molecule has 0 saturated carbocycles. The molecule has 0 saturated heterocycles. The maximum absolute atomic E-state index is 12.1. The lowest BCUT2D eigenvalue weighted by Gasteiger charge is -2.21. The van der Waals surface area contributed by atoms with Gasteiger partial charge in [-0.15, -0.1) is 0 Å². The normalized spacial score (nSPS) is 10.1. The average molecular weight is 355 g/mol. The van der Waals surface area contributed by atoms with E-state index in [1.54, 1.807) is 24.3 Å². The number of anilines is 2. The molecule has 0 aliphatic rings. The first-order valence-corrected chi connectivity index (χ1v) is 8.64. The molecule has 0 heterocycles. The van der Waals surface area contributed by atoms with Crippen molar-refractivity contribution in [3.8, 4) is 5.75 Å². The zero-order valence-electron chi connectivity index (χ0n) is 15.4. The van der Waals surface area contributed by atoms with Crippen molar-refractivity contribution in [2.24, 2.45) is 0 Å². The Balaban J connectivity index is 1.87. The van der Waals surface area contributed by atoms with E-state index >= 15 is 0 Å². The van der Waals surface area contributed by atoms with Crippen LogP contribution in [0.4, 0.5) is 11.4 Å². The molecule has 0 atom stereocenters. The fourth-order valence-electron chi connectivity index (χ4n) is 2.58. The van der Waals surface area contributed by atoms with Gasteiger partial charge in [0, 0.05) is 30.0 Å². The number of benzene rings is 2. The van der Waals surface area contributed by atoms with Crippen molar-refractivity contribution in [2.45, 2.75) is 13.8 Å². The zero-order chi connectivity index (χ0) is 18.9. The summed E-state index contributed by atoms with van der Waals surface area (Å²) in [5.41, 5.74) is 2.25. The minimum absolute atomic E-state index is 0.103. The molecule has 0 spiro atoms. The third kappa shape index (κ3) is 5.24. The molecular formula is C20H25N3O3. The van der Waals surface area contributed by atoms with Crippen LogP contribution in [0.2, 0.25) is 0 Å². The summed E-state index contributed by atoms with van der Waals surface area (Å²) in [6.45, 7) is 5.96. The average Bonchev–Trinajstić information content (AvgIpc) is 2.68. The number of carbonyl (C=O) groups is 2. The number of hydrogen-bond acceptors (Lipinski definition) is 4. The molecule has 2 N–H and O–H groups in total. The predicted octanol–water partition coefficient (Wildman–Crippen LogP) is 2.91. The highest BCUT2D eigenvalue weighted by Gasteiger charge is 2.09. The summed E-state index contributed by atoms with van der Waals surface area (Å²) in [7, 11) is 1.54. The standard InChI is InChI=1S/C20H25N3O3/c1-4-23(5-2)17-11-9-16(10-12-17)22-19(24)14-21-20(25)15-7-6-8-18(13-15)26-3/h6-13H,4-5,14H2,1-3H3,(H,21,25)(H,22,24). The lowest BCUT2D eigenvalue weighted by Crippen LogP contribution is -2.32. The number of nitrogens with zero attached hydrogens (tertiary/aromatic N) is 1. The van der Waals surface area contributed by atoms with Gasteiger partial charge in [0.25, 0.3) is 5.91 Å². The SMILES string of the molecule is CCN(CC)c1ccc(NC(=O)CNC(=O)c2cccc(OC)c2)cc1. The molecule has 26 heavy (non-hydrogen) atoms. The van der Waals surface area contributed by atoms with Crippen molar-refractivity contribution in [2.75, 3.05) is 37.0 Å². The maximum Gasteiger partial charge on any atom is 0.251 e. The minimum Gasteiger partial charge on any atom is -0.497 e. The van der Waals surface area contributed by atoms with Crippen molar-refractivity contribution < 1.29 is 14.3 Å². The highest BCUT2D eigenvalue weighted by Crippen LogP contribution is 2.17. The molecule has 2 aromatic rings. The molecule has 2 amide bonds. The number of ether oxygens (including phenoxy) is 1. The number of hydrogen-bond donors (Lipinski definition) is 2. The molecule has 0 bridgehead atoms. The molecule has 138 valence electrons. The Morgan fingerprint density at radius 2 is 1.73 bits per heavy atom. The summed E-state index contributed by atoms with van der Waals surface area (Å²) in [4.78, 5) is 26.4. The Morgan fingerprint density at radius 3 is 2.35 bits per heavy atom. The first-order chi connectivity index (χ1) is 12.6. The topological polar surface area (TPSA) is 70.7 Å². The summed E-state index contributed by atoms with van der Waals surface area (Å²) in [5.74, 6) is -0.0110.